The van der Waals surface area contributed by atoms with Crippen molar-refractivity contribution in [3.8, 4) is 11.1 Å². The molecule has 2 saturated heterocycles. The van der Waals surface area contributed by atoms with E-state index in [0.29, 0.717) is 24.2 Å². The van der Waals surface area contributed by atoms with E-state index in [-0.39, 0.29) is 12.2 Å². The fourth-order valence-electron chi connectivity index (χ4n) is 5.06. The van der Waals surface area contributed by atoms with E-state index in [9.17, 15) is 4.79 Å². The van der Waals surface area contributed by atoms with Gasteiger partial charge in [0.1, 0.15) is 6.10 Å². The minimum Gasteiger partial charge on any atom is -0.439 e. The standard InChI is InChI=1S/C29H32ClN3O2/c1-31(2)26-15-16-32(19-26)18-24-5-3-4-6-27(24)22-9-7-21(8-10-22)17-33-20-28(35-29(33)34)23-11-13-25(30)14-12-23/h3-14,26,28H,15-20H2,1-2H3/t26-,28?/m1/s1. The lowest BCUT2D eigenvalue weighted by molar-refractivity contribution is 0.132. The summed E-state index contributed by atoms with van der Waals surface area (Å²) in [7, 11) is 4.34. The number of rotatable bonds is 7. The molecule has 0 aliphatic carbocycles. The van der Waals surface area contributed by atoms with Gasteiger partial charge in [-0.15, -0.1) is 0 Å². The molecular weight excluding hydrogens is 458 g/mol. The zero-order valence-electron chi connectivity index (χ0n) is 20.4. The van der Waals surface area contributed by atoms with Crippen LogP contribution >= 0.6 is 11.6 Å². The highest BCUT2D eigenvalue weighted by atomic mass is 35.5. The number of cyclic esters (lactones) is 1. The Hall–Kier alpha value is -2.86. The lowest BCUT2D eigenvalue weighted by Gasteiger charge is -2.21. The largest absolute Gasteiger partial charge is 0.439 e. The summed E-state index contributed by atoms with van der Waals surface area (Å²) in [5.74, 6) is 0. The molecule has 1 unspecified atom stereocenters. The van der Waals surface area contributed by atoms with Gasteiger partial charge in [-0.25, -0.2) is 4.79 Å². The maximum atomic E-state index is 12.5. The molecule has 0 spiro atoms. The maximum Gasteiger partial charge on any atom is 0.410 e. The quantitative estimate of drug-likeness (QED) is 0.418. The maximum absolute atomic E-state index is 12.5. The van der Waals surface area contributed by atoms with Crippen LogP contribution in [0.3, 0.4) is 0 Å². The molecule has 2 aliphatic heterocycles. The van der Waals surface area contributed by atoms with Gasteiger partial charge in [0.25, 0.3) is 0 Å². The van der Waals surface area contributed by atoms with Gasteiger partial charge >= 0.3 is 6.09 Å². The predicted octanol–water partition coefficient (Wildman–Crippen LogP) is 5.84. The number of carbonyl (C=O) groups excluding carboxylic acids is 1. The summed E-state index contributed by atoms with van der Waals surface area (Å²) in [5.41, 5.74) is 5.89. The van der Waals surface area contributed by atoms with Crippen LogP contribution in [-0.2, 0) is 17.8 Å². The minimum absolute atomic E-state index is 0.261. The number of hydrogen-bond acceptors (Lipinski definition) is 4. The Labute approximate surface area is 212 Å². The molecule has 2 aliphatic rings. The highest BCUT2D eigenvalue weighted by Gasteiger charge is 2.32. The van der Waals surface area contributed by atoms with E-state index < -0.39 is 0 Å². The topological polar surface area (TPSA) is 36.0 Å². The van der Waals surface area contributed by atoms with Crippen molar-refractivity contribution in [2.45, 2.75) is 31.7 Å². The van der Waals surface area contributed by atoms with Crippen LogP contribution in [0.1, 0.15) is 29.2 Å². The molecule has 0 saturated carbocycles. The summed E-state index contributed by atoms with van der Waals surface area (Å²) < 4.78 is 5.60. The summed E-state index contributed by atoms with van der Waals surface area (Å²) in [4.78, 5) is 19.1. The third kappa shape index (κ3) is 5.53. The van der Waals surface area contributed by atoms with Crippen LogP contribution in [0.4, 0.5) is 4.79 Å². The first-order chi connectivity index (χ1) is 17.0. The highest BCUT2D eigenvalue weighted by Crippen LogP contribution is 2.30. The molecule has 0 N–H and O–H groups in total. The zero-order valence-corrected chi connectivity index (χ0v) is 21.1. The van der Waals surface area contributed by atoms with E-state index in [1.807, 2.05) is 24.3 Å². The number of carbonyl (C=O) groups is 1. The molecule has 3 aromatic rings. The molecule has 2 fully saturated rings. The van der Waals surface area contributed by atoms with Crippen molar-refractivity contribution in [3.05, 3.63) is 94.5 Å². The second-order valence-electron chi connectivity index (χ2n) is 9.80. The van der Waals surface area contributed by atoms with Crippen LogP contribution in [0.2, 0.25) is 5.02 Å². The number of hydrogen-bond donors (Lipinski definition) is 0. The Balaban J connectivity index is 1.24. The number of ether oxygens (including phenoxy) is 1. The molecule has 2 atom stereocenters. The number of halogens is 1. The van der Waals surface area contributed by atoms with Gasteiger partial charge in [-0.2, -0.15) is 0 Å². The first-order valence-electron chi connectivity index (χ1n) is 12.2. The molecule has 1 amide bonds. The van der Waals surface area contributed by atoms with Gasteiger partial charge in [-0.1, -0.05) is 72.3 Å². The van der Waals surface area contributed by atoms with Crippen LogP contribution in [0.15, 0.2) is 72.8 Å². The Morgan fingerprint density at radius 3 is 2.40 bits per heavy atom. The molecule has 0 bridgehead atoms. The lowest BCUT2D eigenvalue weighted by Crippen LogP contribution is -2.31. The summed E-state index contributed by atoms with van der Waals surface area (Å²) >= 11 is 5.99. The van der Waals surface area contributed by atoms with Crippen molar-refractivity contribution in [1.29, 1.82) is 0 Å². The number of likely N-dealkylation sites (N-methyl/N-ethyl adjacent to an activating group) is 1. The van der Waals surface area contributed by atoms with Crippen molar-refractivity contribution in [2.24, 2.45) is 0 Å². The fraction of sp³-hybridized carbons (Fsp3) is 0.345. The first-order valence-corrected chi connectivity index (χ1v) is 12.6. The second kappa shape index (κ2) is 10.4. The molecule has 6 heteroatoms. The van der Waals surface area contributed by atoms with Crippen molar-refractivity contribution >= 4 is 17.7 Å². The minimum atomic E-state index is -0.277. The van der Waals surface area contributed by atoms with Gasteiger partial charge in [0.2, 0.25) is 0 Å². The van der Waals surface area contributed by atoms with Crippen LogP contribution in [0.25, 0.3) is 11.1 Å². The molecule has 5 rings (SSSR count). The van der Waals surface area contributed by atoms with Gasteiger partial charge in [-0.05, 0) is 60.5 Å². The number of likely N-dealkylation sites (tertiary alicyclic amines) is 1. The monoisotopic (exact) mass is 489 g/mol. The SMILES string of the molecule is CN(C)[C@@H]1CCN(Cc2ccccc2-c2ccc(CN3CC(c4ccc(Cl)cc4)OC3=O)cc2)C1. The third-order valence-corrected chi connectivity index (χ3v) is 7.41. The summed E-state index contributed by atoms with van der Waals surface area (Å²) in [6, 6.07) is 25.4. The van der Waals surface area contributed by atoms with Crippen molar-refractivity contribution in [3.63, 3.8) is 0 Å². The number of amides is 1. The van der Waals surface area contributed by atoms with Crippen LogP contribution in [0, 0.1) is 0 Å². The van der Waals surface area contributed by atoms with Crippen LogP contribution in [-0.4, -0.2) is 60.6 Å². The third-order valence-electron chi connectivity index (χ3n) is 7.16. The van der Waals surface area contributed by atoms with Crippen molar-refractivity contribution in [1.82, 2.24) is 14.7 Å². The van der Waals surface area contributed by atoms with Crippen LogP contribution < -0.4 is 0 Å². The van der Waals surface area contributed by atoms with Gasteiger partial charge < -0.3 is 9.64 Å². The number of benzene rings is 3. The van der Waals surface area contributed by atoms with E-state index in [4.69, 9.17) is 16.3 Å². The Bertz CT molecular complexity index is 1160. The Morgan fingerprint density at radius 1 is 0.943 bits per heavy atom. The second-order valence-corrected chi connectivity index (χ2v) is 10.2. The Kier molecular flexibility index (Phi) is 7.09. The number of nitrogens with zero attached hydrogens (tertiary/aromatic N) is 3. The molecular formula is C29H32ClN3O2. The van der Waals surface area contributed by atoms with Gasteiger partial charge in [-0.3, -0.25) is 9.80 Å². The van der Waals surface area contributed by atoms with Crippen LogP contribution in [0.5, 0.6) is 0 Å². The van der Waals surface area contributed by atoms with Gasteiger partial charge in [0, 0.05) is 37.2 Å². The summed E-state index contributed by atoms with van der Waals surface area (Å²) in [5, 5.41) is 0.676. The molecule has 182 valence electrons. The first kappa shape index (κ1) is 23.9. The van der Waals surface area contributed by atoms with Crippen molar-refractivity contribution in [2.75, 3.05) is 33.7 Å². The van der Waals surface area contributed by atoms with E-state index in [1.165, 1.54) is 23.1 Å². The van der Waals surface area contributed by atoms with E-state index in [2.05, 4.69) is 72.4 Å². The van der Waals surface area contributed by atoms with Gasteiger partial charge in [0.05, 0.1) is 6.54 Å². The zero-order chi connectivity index (χ0) is 24.4. The average Bonchev–Trinajstić information content (AvgIpc) is 3.47. The molecule has 5 nitrogen and oxygen atoms in total. The predicted molar refractivity (Wildman–Crippen MR) is 140 cm³/mol. The lowest BCUT2D eigenvalue weighted by atomic mass is 9.98. The van der Waals surface area contributed by atoms with Crippen molar-refractivity contribution < 1.29 is 9.53 Å². The molecule has 2 heterocycles. The molecule has 35 heavy (non-hydrogen) atoms. The normalized spacial score (nSPS) is 20.6. The van der Waals surface area contributed by atoms with Gasteiger partial charge in [0.15, 0.2) is 0 Å². The summed E-state index contributed by atoms with van der Waals surface area (Å²) in [6.07, 6.45) is 0.686. The fourth-order valence-corrected chi connectivity index (χ4v) is 5.18. The Morgan fingerprint density at radius 2 is 1.69 bits per heavy atom. The molecule has 0 radical (unpaired) electrons. The van der Waals surface area contributed by atoms with E-state index >= 15 is 0 Å². The molecule has 0 aromatic heterocycles. The molecule has 3 aromatic carbocycles. The van der Waals surface area contributed by atoms with E-state index in [0.717, 1.165) is 30.8 Å². The smallest absolute Gasteiger partial charge is 0.410 e. The summed E-state index contributed by atoms with van der Waals surface area (Å²) in [6.45, 7) is 4.29. The van der Waals surface area contributed by atoms with E-state index in [1.54, 1.807) is 4.90 Å². The average molecular weight is 490 g/mol. The highest BCUT2D eigenvalue weighted by molar-refractivity contribution is 6.30.